The van der Waals surface area contributed by atoms with Crippen LogP contribution in [0.5, 0.6) is 5.75 Å². The van der Waals surface area contributed by atoms with Crippen LogP contribution < -0.4 is 4.18 Å². The topological polar surface area (TPSA) is 133 Å². The molecule has 0 aliphatic carbocycles. The summed E-state index contributed by atoms with van der Waals surface area (Å²) in [6.45, 7) is 4.84. The van der Waals surface area contributed by atoms with Gasteiger partial charge in [0.1, 0.15) is 5.75 Å². The maximum absolute atomic E-state index is 12.6. The van der Waals surface area contributed by atoms with E-state index in [1.54, 1.807) is 63.2 Å². The maximum Gasteiger partial charge on any atom is 0.333 e. The lowest BCUT2D eigenvalue weighted by Gasteiger charge is -2.37. The van der Waals surface area contributed by atoms with Gasteiger partial charge in [0.2, 0.25) is 0 Å². The Morgan fingerprint density at radius 2 is 1.46 bits per heavy atom. The number of aliphatic carboxylic acids is 1. The van der Waals surface area contributed by atoms with Crippen LogP contribution in [0.2, 0.25) is 0 Å². The Bertz CT molecular complexity index is 1150. The summed E-state index contributed by atoms with van der Waals surface area (Å²) in [4.78, 5) is 12.0. The lowest BCUT2D eigenvalue weighted by Crippen LogP contribution is -2.48. The van der Waals surface area contributed by atoms with Crippen LogP contribution in [-0.2, 0) is 40.6 Å². The summed E-state index contributed by atoms with van der Waals surface area (Å²) >= 11 is 0. The first-order valence-corrected chi connectivity index (χ1v) is 14.3. The molecule has 0 saturated carbocycles. The zero-order valence-electron chi connectivity index (χ0n) is 20.0. The van der Waals surface area contributed by atoms with Crippen molar-refractivity contribution in [2.45, 2.75) is 52.4 Å². The second-order valence-corrected chi connectivity index (χ2v) is 12.0. The van der Waals surface area contributed by atoms with E-state index < -0.39 is 55.3 Å². The fourth-order valence-electron chi connectivity index (χ4n) is 3.55. The lowest BCUT2D eigenvalue weighted by molar-refractivity contribution is -0.166. The Hall–Kier alpha value is -2.47. The molecule has 0 amide bonds. The highest BCUT2D eigenvalue weighted by atomic mass is 32.2. The van der Waals surface area contributed by atoms with Crippen LogP contribution in [-0.4, -0.2) is 51.6 Å². The van der Waals surface area contributed by atoms with E-state index in [4.69, 9.17) is 13.1 Å². The molecule has 2 rings (SSSR count). The largest absolute Gasteiger partial charge is 0.479 e. The van der Waals surface area contributed by atoms with E-state index in [1.807, 2.05) is 6.07 Å². The maximum atomic E-state index is 12.6. The van der Waals surface area contributed by atoms with E-state index in [9.17, 15) is 26.7 Å². The van der Waals surface area contributed by atoms with Crippen LogP contribution >= 0.6 is 0 Å². The van der Waals surface area contributed by atoms with Crippen LogP contribution in [0.15, 0.2) is 60.7 Å². The van der Waals surface area contributed by atoms with Gasteiger partial charge in [0.05, 0.1) is 24.2 Å². The van der Waals surface area contributed by atoms with E-state index in [0.29, 0.717) is 0 Å². The number of ether oxygens (including phenoxy) is 1. The summed E-state index contributed by atoms with van der Waals surface area (Å²) in [6.07, 6.45) is -2.41. The molecule has 35 heavy (non-hydrogen) atoms. The predicted molar refractivity (Wildman–Crippen MR) is 131 cm³/mol. The average Bonchev–Trinajstić information content (AvgIpc) is 2.78. The van der Waals surface area contributed by atoms with Crippen LogP contribution in [0, 0.1) is 5.41 Å². The summed E-state index contributed by atoms with van der Waals surface area (Å²) in [6, 6.07) is 16.9. The zero-order valence-corrected chi connectivity index (χ0v) is 21.6. The number of hydrogen-bond donors (Lipinski definition) is 1. The molecule has 0 fully saturated rings. The average molecular weight is 529 g/mol. The minimum absolute atomic E-state index is 0.0314. The number of carboxylic acids is 1. The van der Waals surface area contributed by atoms with Gasteiger partial charge in [-0.15, -0.1) is 0 Å². The molecule has 0 spiro atoms. The van der Waals surface area contributed by atoms with Crippen LogP contribution in [0.1, 0.15) is 39.2 Å². The summed E-state index contributed by atoms with van der Waals surface area (Å²) in [5, 5.41) is 9.77. The third-order valence-corrected chi connectivity index (χ3v) is 7.93. The zero-order chi connectivity index (χ0) is 26.1. The molecule has 0 saturated heterocycles. The van der Waals surface area contributed by atoms with E-state index in [1.165, 1.54) is 12.1 Å². The fourth-order valence-corrected chi connectivity index (χ4v) is 6.05. The number of para-hydroxylation sites is 1. The first-order valence-electron chi connectivity index (χ1n) is 11.1. The lowest BCUT2D eigenvalue weighted by atomic mass is 9.79. The standard InChI is InChI=1S/C24H32O9S2/c1-4-21(24(2,3)22(23(25)26)31-18-19-12-7-5-8-13-19)33-35(29,30)17-11-16-34(27,28)32-20-14-9-6-10-15-20/h5-10,12-15,21-22H,4,11,16-18H2,1-3H3,(H,25,26)/t21?,22-/m0/s1. The summed E-state index contributed by atoms with van der Waals surface area (Å²) in [7, 11) is -8.16. The van der Waals surface area contributed by atoms with Gasteiger partial charge in [-0.3, -0.25) is 4.18 Å². The van der Waals surface area contributed by atoms with Crippen molar-refractivity contribution in [3.8, 4) is 5.75 Å². The normalized spacial score (nSPS) is 14.3. The SMILES string of the molecule is CCC(OS(=O)(=O)CCCS(=O)(=O)Oc1ccccc1)C(C)(C)[C@@H](OCc1ccccc1)C(=O)O. The minimum Gasteiger partial charge on any atom is -0.479 e. The molecule has 1 unspecified atom stereocenters. The molecule has 0 heterocycles. The molecular weight excluding hydrogens is 496 g/mol. The molecule has 2 aromatic rings. The summed E-state index contributed by atoms with van der Waals surface area (Å²) in [5.74, 6) is -2.20. The van der Waals surface area contributed by atoms with Crippen molar-refractivity contribution in [2.75, 3.05) is 11.5 Å². The Balaban J connectivity index is 2.00. The van der Waals surface area contributed by atoms with E-state index in [2.05, 4.69) is 0 Å². The third kappa shape index (κ3) is 9.25. The third-order valence-electron chi connectivity index (χ3n) is 5.38. The van der Waals surface area contributed by atoms with E-state index in [0.717, 1.165) is 5.56 Å². The highest BCUT2D eigenvalue weighted by Crippen LogP contribution is 2.34. The smallest absolute Gasteiger partial charge is 0.333 e. The fraction of sp³-hybridized carbons (Fsp3) is 0.458. The monoisotopic (exact) mass is 528 g/mol. The molecule has 1 N–H and O–H groups in total. The van der Waals surface area contributed by atoms with E-state index >= 15 is 0 Å². The van der Waals surface area contributed by atoms with Gasteiger partial charge in [-0.1, -0.05) is 69.3 Å². The van der Waals surface area contributed by atoms with Gasteiger partial charge in [-0.2, -0.15) is 16.8 Å². The Labute approximate surface area is 207 Å². The molecule has 0 radical (unpaired) electrons. The molecule has 0 aromatic heterocycles. The van der Waals surface area contributed by atoms with E-state index in [-0.39, 0.29) is 25.2 Å². The van der Waals surface area contributed by atoms with Crippen molar-refractivity contribution in [2.24, 2.45) is 5.41 Å². The molecule has 2 atom stereocenters. The Kier molecular flexibility index (Phi) is 10.3. The number of carboxylic acid groups (broad SMARTS) is 1. The number of benzene rings is 2. The second kappa shape index (κ2) is 12.5. The van der Waals surface area contributed by atoms with Crippen molar-refractivity contribution in [3.63, 3.8) is 0 Å². The Morgan fingerprint density at radius 3 is 2.00 bits per heavy atom. The van der Waals surface area contributed by atoms with Crippen molar-refractivity contribution in [1.29, 1.82) is 0 Å². The highest BCUT2D eigenvalue weighted by Gasteiger charge is 2.44. The minimum atomic E-state index is -4.17. The van der Waals surface area contributed by atoms with Gasteiger partial charge < -0.3 is 14.0 Å². The Morgan fingerprint density at radius 1 is 0.914 bits per heavy atom. The molecule has 194 valence electrons. The van der Waals surface area contributed by atoms with Gasteiger partial charge in [-0.05, 0) is 30.5 Å². The molecule has 11 heteroatoms. The molecule has 0 aliphatic rings. The van der Waals surface area contributed by atoms with Gasteiger partial charge in [0.25, 0.3) is 10.1 Å². The predicted octanol–water partition coefficient (Wildman–Crippen LogP) is 3.61. The number of hydrogen-bond acceptors (Lipinski definition) is 8. The molecule has 0 aliphatic heterocycles. The molecule has 9 nitrogen and oxygen atoms in total. The van der Waals surface area contributed by atoms with Gasteiger partial charge in [-0.25, -0.2) is 4.79 Å². The quantitative estimate of drug-likeness (QED) is 0.344. The van der Waals surface area contributed by atoms with Crippen molar-refractivity contribution in [3.05, 3.63) is 66.2 Å². The van der Waals surface area contributed by atoms with Crippen LogP contribution in [0.25, 0.3) is 0 Å². The molecule has 0 bridgehead atoms. The molecule has 2 aromatic carbocycles. The summed E-state index contributed by atoms with van der Waals surface area (Å²) < 4.78 is 65.5. The number of rotatable bonds is 15. The van der Waals surface area contributed by atoms with Gasteiger partial charge in [0.15, 0.2) is 6.10 Å². The van der Waals surface area contributed by atoms with Crippen molar-refractivity contribution >= 4 is 26.2 Å². The van der Waals surface area contributed by atoms with Crippen LogP contribution in [0.3, 0.4) is 0 Å². The van der Waals surface area contributed by atoms with Gasteiger partial charge >= 0.3 is 16.1 Å². The first-order chi connectivity index (χ1) is 16.4. The highest BCUT2D eigenvalue weighted by molar-refractivity contribution is 7.87. The van der Waals surface area contributed by atoms with Crippen molar-refractivity contribution in [1.82, 2.24) is 0 Å². The first kappa shape index (κ1) is 28.8. The summed E-state index contributed by atoms with van der Waals surface area (Å²) in [5.41, 5.74) is -0.444. The second-order valence-electron chi connectivity index (χ2n) is 8.60. The van der Waals surface area contributed by atoms with Crippen molar-refractivity contribution < 1.29 is 39.8 Å². The van der Waals surface area contributed by atoms with Crippen LogP contribution in [0.4, 0.5) is 0 Å². The number of carbonyl (C=O) groups is 1. The van der Waals surface area contributed by atoms with Gasteiger partial charge in [0, 0.05) is 5.41 Å². The molecular formula is C24H32O9S2.